The fourth-order valence-corrected chi connectivity index (χ4v) is 2.29. The summed E-state index contributed by atoms with van der Waals surface area (Å²) in [6, 6.07) is 5.91. The molecule has 1 aromatic carbocycles. The number of piperidine rings is 1. The molecule has 0 amide bonds. The predicted octanol–water partition coefficient (Wildman–Crippen LogP) is 2.32. The normalized spacial score (nSPS) is 17.4. The van der Waals surface area contributed by atoms with Gasteiger partial charge in [0.25, 0.3) is 0 Å². The highest BCUT2D eigenvalue weighted by Gasteiger charge is 2.19. The van der Waals surface area contributed by atoms with E-state index < -0.39 is 0 Å². The molecule has 0 saturated carbocycles. The summed E-state index contributed by atoms with van der Waals surface area (Å²) in [6.45, 7) is 3.97. The molecule has 3 heteroatoms. The summed E-state index contributed by atoms with van der Waals surface area (Å²) in [5.74, 6) is -0.110. The fourth-order valence-electron chi connectivity index (χ4n) is 2.29. The molecule has 1 saturated heterocycles. The summed E-state index contributed by atoms with van der Waals surface area (Å²) in [5.41, 5.74) is 1.69. The van der Waals surface area contributed by atoms with Crippen molar-refractivity contribution in [2.45, 2.75) is 25.8 Å². The summed E-state index contributed by atoms with van der Waals surface area (Å²) < 4.78 is 13.8. The predicted molar refractivity (Wildman–Crippen MR) is 65.4 cm³/mol. The van der Waals surface area contributed by atoms with Gasteiger partial charge in [-0.15, -0.1) is 0 Å². The Hall–Kier alpha value is -1.09. The van der Waals surface area contributed by atoms with E-state index in [0.29, 0.717) is 6.04 Å². The molecule has 1 N–H and O–H groups in total. The number of hydrogen-bond acceptors (Lipinski definition) is 2. The zero-order valence-corrected chi connectivity index (χ0v) is 9.96. The quantitative estimate of drug-likeness (QED) is 0.826. The van der Waals surface area contributed by atoms with Crippen LogP contribution in [0.5, 0.6) is 0 Å². The molecule has 88 valence electrons. The van der Waals surface area contributed by atoms with Gasteiger partial charge in [-0.2, -0.15) is 0 Å². The van der Waals surface area contributed by atoms with Crippen LogP contribution in [0.15, 0.2) is 18.2 Å². The van der Waals surface area contributed by atoms with E-state index in [4.69, 9.17) is 0 Å². The lowest BCUT2D eigenvalue weighted by Gasteiger charge is -2.33. The highest BCUT2D eigenvalue weighted by atomic mass is 19.1. The fraction of sp³-hybridized carbons (Fsp3) is 0.538. The van der Waals surface area contributed by atoms with Gasteiger partial charge >= 0.3 is 0 Å². The first kappa shape index (κ1) is 11.4. The Bertz CT molecular complexity index is 359. The third-order valence-corrected chi connectivity index (χ3v) is 3.34. The zero-order chi connectivity index (χ0) is 11.5. The number of hydrogen-bond donors (Lipinski definition) is 1. The van der Waals surface area contributed by atoms with Gasteiger partial charge in [0.15, 0.2) is 0 Å². The Kier molecular flexibility index (Phi) is 3.44. The SMILES string of the molecule is Cc1ccc(N(C)C2CCNCC2)c(F)c1. The third-order valence-electron chi connectivity index (χ3n) is 3.34. The average Bonchev–Trinajstić information content (AvgIpc) is 2.29. The van der Waals surface area contributed by atoms with Crippen molar-refractivity contribution in [2.75, 3.05) is 25.0 Å². The van der Waals surface area contributed by atoms with E-state index in [1.807, 2.05) is 26.1 Å². The largest absolute Gasteiger partial charge is 0.369 e. The number of halogens is 1. The Labute approximate surface area is 96.5 Å². The molecule has 1 aromatic rings. The van der Waals surface area contributed by atoms with E-state index in [1.165, 1.54) is 0 Å². The average molecular weight is 222 g/mol. The van der Waals surface area contributed by atoms with Crippen molar-refractivity contribution in [3.8, 4) is 0 Å². The van der Waals surface area contributed by atoms with Gasteiger partial charge < -0.3 is 10.2 Å². The molecule has 1 fully saturated rings. The van der Waals surface area contributed by atoms with Crippen LogP contribution in [-0.2, 0) is 0 Å². The molecule has 0 radical (unpaired) electrons. The van der Waals surface area contributed by atoms with E-state index in [0.717, 1.165) is 37.2 Å². The molecule has 2 nitrogen and oxygen atoms in total. The van der Waals surface area contributed by atoms with Crippen LogP contribution in [0.1, 0.15) is 18.4 Å². The van der Waals surface area contributed by atoms with Crippen LogP contribution in [-0.4, -0.2) is 26.2 Å². The second-order valence-corrected chi connectivity index (χ2v) is 4.55. The second kappa shape index (κ2) is 4.83. The van der Waals surface area contributed by atoms with E-state index in [1.54, 1.807) is 6.07 Å². The molecule has 16 heavy (non-hydrogen) atoms. The van der Waals surface area contributed by atoms with E-state index in [9.17, 15) is 4.39 Å². The number of rotatable bonds is 2. The van der Waals surface area contributed by atoms with E-state index in [-0.39, 0.29) is 5.82 Å². The van der Waals surface area contributed by atoms with Crippen LogP contribution < -0.4 is 10.2 Å². The minimum atomic E-state index is -0.110. The van der Waals surface area contributed by atoms with Gasteiger partial charge in [-0.05, 0) is 50.6 Å². The minimum absolute atomic E-state index is 0.110. The lowest BCUT2D eigenvalue weighted by molar-refractivity contribution is 0.440. The standard InChI is InChI=1S/C13H19FN2/c1-10-3-4-13(12(14)9-10)16(2)11-5-7-15-8-6-11/h3-4,9,11,15H,5-8H2,1-2H3. The summed E-state index contributed by atoms with van der Waals surface area (Å²) >= 11 is 0. The molecule has 2 rings (SSSR count). The smallest absolute Gasteiger partial charge is 0.146 e. The maximum absolute atomic E-state index is 13.8. The van der Waals surface area contributed by atoms with Crippen molar-refractivity contribution in [1.29, 1.82) is 0 Å². The van der Waals surface area contributed by atoms with Gasteiger partial charge in [0, 0.05) is 13.1 Å². The third kappa shape index (κ3) is 2.35. The van der Waals surface area contributed by atoms with Crippen molar-refractivity contribution < 1.29 is 4.39 Å². The molecule has 0 atom stereocenters. The van der Waals surface area contributed by atoms with Crippen molar-refractivity contribution in [2.24, 2.45) is 0 Å². The Morgan fingerprint density at radius 2 is 2.00 bits per heavy atom. The molecule has 0 aliphatic carbocycles. The Balaban J connectivity index is 2.15. The number of nitrogens with zero attached hydrogens (tertiary/aromatic N) is 1. The van der Waals surface area contributed by atoms with Crippen molar-refractivity contribution in [1.82, 2.24) is 5.32 Å². The Morgan fingerprint density at radius 1 is 1.31 bits per heavy atom. The Morgan fingerprint density at radius 3 is 2.62 bits per heavy atom. The molecule has 1 aliphatic rings. The highest BCUT2D eigenvalue weighted by Crippen LogP contribution is 2.23. The molecule has 0 unspecified atom stereocenters. The van der Waals surface area contributed by atoms with Crippen LogP contribution in [0.4, 0.5) is 10.1 Å². The van der Waals surface area contributed by atoms with Crippen LogP contribution in [0, 0.1) is 12.7 Å². The maximum atomic E-state index is 13.8. The van der Waals surface area contributed by atoms with Gasteiger partial charge in [-0.25, -0.2) is 4.39 Å². The molecule has 1 aliphatic heterocycles. The van der Waals surface area contributed by atoms with Crippen LogP contribution in [0.2, 0.25) is 0 Å². The second-order valence-electron chi connectivity index (χ2n) is 4.55. The highest BCUT2D eigenvalue weighted by molar-refractivity contribution is 5.49. The van der Waals surface area contributed by atoms with Gasteiger partial charge in [0.2, 0.25) is 0 Å². The van der Waals surface area contributed by atoms with E-state index >= 15 is 0 Å². The monoisotopic (exact) mass is 222 g/mol. The first-order chi connectivity index (χ1) is 7.68. The molecule has 0 aromatic heterocycles. The first-order valence-electron chi connectivity index (χ1n) is 5.88. The van der Waals surface area contributed by atoms with Crippen LogP contribution >= 0.6 is 0 Å². The van der Waals surface area contributed by atoms with Crippen LogP contribution in [0.3, 0.4) is 0 Å². The van der Waals surface area contributed by atoms with Crippen molar-refractivity contribution in [3.05, 3.63) is 29.6 Å². The lowest BCUT2D eigenvalue weighted by atomic mass is 10.0. The van der Waals surface area contributed by atoms with Crippen LogP contribution in [0.25, 0.3) is 0 Å². The van der Waals surface area contributed by atoms with Gasteiger partial charge in [-0.1, -0.05) is 6.07 Å². The van der Waals surface area contributed by atoms with Gasteiger partial charge in [0.05, 0.1) is 5.69 Å². The molecule has 0 spiro atoms. The lowest BCUT2D eigenvalue weighted by Crippen LogP contribution is -2.41. The zero-order valence-electron chi connectivity index (χ0n) is 9.96. The summed E-state index contributed by atoms with van der Waals surface area (Å²) in [5, 5.41) is 3.32. The molecule has 1 heterocycles. The summed E-state index contributed by atoms with van der Waals surface area (Å²) in [7, 11) is 1.99. The van der Waals surface area contributed by atoms with Crippen molar-refractivity contribution in [3.63, 3.8) is 0 Å². The minimum Gasteiger partial charge on any atom is -0.369 e. The van der Waals surface area contributed by atoms with Crippen molar-refractivity contribution >= 4 is 5.69 Å². The number of anilines is 1. The summed E-state index contributed by atoms with van der Waals surface area (Å²) in [4.78, 5) is 2.08. The van der Waals surface area contributed by atoms with Gasteiger partial charge in [0.1, 0.15) is 5.82 Å². The number of aryl methyl sites for hydroxylation is 1. The first-order valence-corrected chi connectivity index (χ1v) is 5.88. The molecular weight excluding hydrogens is 203 g/mol. The topological polar surface area (TPSA) is 15.3 Å². The molecular formula is C13H19FN2. The van der Waals surface area contributed by atoms with Gasteiger partial charge in [-0.3, -0.25) is 0 Å². The maximum Gasteiger partial charge on any atom is 0.146 e. The number of nitrogens with one attached hydrogen (secondary N) is 1. The number of benzene rings is 1. The summed E-state index contributed by atoms with van der Waals surface area (Å²) in [6.07, 6.45) is 2.17. The molecule has 0 bridgehead atoms. The van der Waals surface area contributed by atoms with E-state index in [2.05, 4.69) is 10.2 Å².